The van der Waals surface area contributed by atoms with E-state index in [1.165, 1.54) is 0 Å². The van der Waals surface area contributed by atoms with Gasteiger partial charge >= 0.3 is 0 Å². The summed E-state index contributed by atoms with van der Waals surface area (Å²) < 4.78 is 1.99. The number of hydrogen-bond donors (Lipinski definition) is 1. The van der Waals surface area contributed by atoms with Gasteiger partial charge in [0.25, 0.3) is 5.91 Å². The average molecular weight is 370 g/mol. The van der Waals surface area contributed by atoms with Crippen molar-refractivity contribution in [1.29, 1.82) is 0 Å². The third-order valence-corrected chi connectivity index (χ3v) is 5.99. The van der Waals surface area contributed by atoms with Crippen molar-refractivity contribution in [2.45, 2.75) is 77.9 Å². The molecule has 1 amide bonds. The fourth-order valence-electron chi connectivity index (χ4n) is 4.03. The van der Waals surface area contributed by atoms with Crippen LogP contribution in [0.15, 0.2) is 6.07 Å². The molecule has 2 aromatic rings. The summed E-state index contributed by atoms with van der Waals surface area (Å²) in [5, 5.41) is 9.15. The van der Waals surface area contributed by atoms with Gasteiger partial charge in [-0.15, -0.1) is 0 Å². The van der Waals surface area contributed by atoms with Crippen LogP contribution in [-0.4, -0.2) is 50.7 Å². The molecular weight excluding hydrogens is 338 g/mol. The molecule has 2 aliphatic rings. The number of nitrogens with one attached hydrogen (secondary N) is 1. The van der Waals surface area contributed by atoms with E-state index in [1.807, 2.05) is 22.6 Å². The Balaban J connectivity index is 1.89. The smallest absolute Gasteiger partial charge is 0.255 e. The summed E-state index contributed by atoms with van der Waals surface area (Å²) in [6.07, 6.45) is 2.33. The molecule has 146 valence electrons. The zero-order chi connectivity index (χ0) is 19.5. The quantitative estimate of drug-likeness (QED) is 0.883. The largest absolute Gasteiger partial charge is 0.333 e. The maximum absolute atomic E-state index is 13.6. The molecule has 1 N–H and O–H groups in total. The number of piperazine rings is 1. The molecule has 2 fully saturated rings. The highest BCUT2D eigenvalue weighted by molar-refractivity contribution is 6.06. The molecule has 2 aromatic heterocycles. The standard InChI is InChI=1S/C21H31N5O/c1-12-14(3)25(10-9-22-12)20(27)16-11-17(15-7-8-15)23-19-18(16)13(2)24-26(19)21(4,5)6/h11-12,14-15,22H,7-10H2,1-6H3. The van der Waals surface area contributed by atoms with E-state index < -0.39 is 0 Å². The predicted molar refractivity (Wildman–Crippen MR) is 107 cm³/mol. The van der Waals surface area contributed by atoms with Crippen molar-refractivity contribution in [3.05, 3.63) is 23.0 Å². The number of aromatic nitrogens is 3. The Hall–Kier alpha value is -1.95. The molecule has 2 atom stereocenters. The van der Waals surface area contributed by atoms with Crippen LogP contribution in [0.1, 0.15) is 75.1 Å². The van der Waals surface area contributed by atoms with Crippen LogP contribution in [0, 0.1) is 6.92 Å². The van der Waals surface area contributed by atoms with Gasteiger partial charge in [0.1, 0.15) is 0 Å². The number of amides is 1. The van der Waals surface area contributed by atoms with Crippen molar-refractivity contribution in [3.63, 3.8) is 0 Å². The number of carbonyl (C=O) groups excluding carboxylic acids is 1. The SMILES string of the molecule is Cc1nn(C(C)(C)C)c2nc(C3CC3)cc(C(=O)N3CCNC(C)C3C)c12. The van der Waals surface area contributed by atoms with Gasteiger partial charge < -0.3 is 10.2 Å². The fraction of sp³-hybridized carbons (Fsp3) is 0.667. The number of hydrogen-bond acceptors (Lipinski definition) is 4. The number of fused-ring (bicyclic) bond motifs is 1. The first-order valence-electron chi connectivity index (χ1n) is 10.1. The van der Waals surface area contributed by atoms with Gasteiger partial charge in [-0.05, 0) is 60.5 Å². The van der Waals surface area contributed by atoms with E-state index in [1.54, 1.807) is 0 Å². The first kappa shape index (κ1) is 18.4. The highest BCUT2D eigenvalue weighted by Gasteiger charge is 2.34. The average Bonchev–Trinajstić information content (AvgIpc) is 3.39. The van der Waals surface area contributed by atoms with E-state index in [9.17, 15) is 4.79 Å². The lowest BCUT2D eigenvalue weighted by atomic mass is 10.0. The summed E-state index contributed by atoms with van der Waals surface area (Å²) in [5.74, 6) is 0.602. The lowest BCUT2D eigenvalue weighted by molar-refractivity contribution is 0.0604. The summed E-state index contributed by atoms with van der Waals surface area (Å²) in [5.41, 5.74) is 3.37. The van der Waals surface area contributed by atoms with Crippen LogP contribution in [0.4, 0.5) is 0 Å². The van der Waals surface area contributed by atoms with Gasteiger partial charge in [0.15, 0.2) is 5.65 Å². The van der Waals surface area contributed by atoms with E-state index in [-0.39, 0.29) is 17.5 Å². The Kier molecular flexibility index (Phi) is 4.29. The summed E-state index contributed by atoms with van der Waals surface area (Å²) >= 11 is 0. The normalized spacial score (nSPS) is 23.9. The summed E-state index contributed by atoms with van der Waals surface area (Å²) in [7, 11) is 0. The minimum Gasteiger partial charge on any atom is -0.333 e. The molecule has 0 bridgehead atoms. The minimum absolute atomic E-state index is 0.113. The van der Waals surface area contributed by atoms with Gasteiger partial charge in [0.2, 0.25) is 0 Å². The Bertz CT molecular complexity index is 890. The third-order valence-electron chi connectivity index (χ3n) is 5.99. The van der Waals surface area contributed by atoms with Gasteiger partial charge in [-0.3, -0.25) is 4.79 Å². The molecule has 1 saturated heterocycles. The fourth-order valence-corrected chi connectivity index (χ4v) is 4.03. The maximum Gasteiger partial charge on any atom is 0.255 e. The Labute approximate surface area is 161 Å². The van der Waals surface area contributed by atoms with Crippen LogP contribution < -0.4 is 5.32 Å². The number of pyridine rings is 1. The number of aryl methyl sites for hydroxylation is 1. The highest BCUT2D eigenvalue weighted by Crippen LogP contribution is 2.41. The summed E-state index contributed by atoms with van der Waals surface area (Å²) in [6.45, 7) is 14.2. The Morgan fingerprint density at radius 3 is 2.59 bits per heavy atom. The molecule has 6 heteroatoms. The Morgan fingerprint density at radius 1 is 1.26 bits per heavy atom. The van der Waals surface area contributed by atoms with Crippen molar-refractivity contribution in [3.8, 4) is 0 Å². The number of nitrogens with zero attached hydrogens (tertiary/aromatic N) is 4. The van der Waals surface area contributed by atoms with Gasteiger partial charge in [-0.1, -0.05) is 0 Å². The van der Waals surface area contributed by atoms with Crippen LogP contribution in [0.2, 0.25) is 0 Å². The molecule has 3 heterocycles. The van der Waals surface area contributed by atoms with Crippen molar-refractivity contribution < 1.29 is 4.79 Å². The first-order chi connectivity index (χ1) is 12.7. The molecule has 4 rings (SSSR count). The second kappa shape index (κ2) is 6.30. The van der Waals surface area contributed by atoms with E-state index in [0.29, 0.717) is 12.0 Å². The summed E-state index contributed by atoms with van der Waals surface area (Å²) in [6, 6.07) is 2.50. The number of carbonyl (C=O) groups is 1. The van der Waals surface area contributed by atoms with E-state index in [2.05, 4.69) is 39.9 Å². The van der Waals surface area contributed by atoms with Gasteiger partial charge in [0, 0.05) is 36.8 Å². The second-order valence-electron chi connectivity index (χ2n) is 9.22. The van der Waals surface area contributed by atoms with Crippen molar-refractivity contribution in [1.82, 2.24) is 25.0 Å². The molecule has 0 radical (unpaired) electrons. The zero-order valence-electron chi connectivity index (χ0n) is 17.3. The van der Waals surface area contributed by atoms with Crippen LogP contribution in [0.5, 0.6) is 0 Å². The van der Waals surface area contributed by atoms with Crippen LogP contribution in [0.25, 0.3) is 11.0 Å². The third kappa shape index (κ3) is 3.14. The van der Waals surface area contributed by atoms with Crippen molar-refractivity contribution in [2.24, 2.45) is 0 Å². The van der Waals surface area contributed by atoms with Gasteiger partial charge in [-0.25, -0.2) is 9.67 Å². The topological polar surface area (TPSA) is 63.1 Å². The van der Waals surface area contributed by atoms with Crippen LogP contribution >= 0.6 is 0 Å². The first-order valence-corrected chi connectivity index (χ1v) is 10.1. The zero-order valence-corrected chi connectivity index (χ0v) is 17.3. The Morgan fingerprint density at radius 2 is 1.96 bits per heavy atom. The lowest BCUT2D eigenvalue weighted by Gasteiger charge is -2.38. The van der Waals surface area contributed by atoms with E-state index >= 15 is 0 Å². The monoisotopic (exact) mass is 369 g/mol. The molecule has 1 aliphatic heterocycles. The van der Waals surface area contributed by atoms with E-state index in [4.69, 9.17) is 10.1 Å². The molecule has 27 heavy (non-hydrogen) atoms. The molecular formula is C21H31N5O. The van der Waals surface area contributed by atoms with Gasteiger partial charge in [-0.2, -0.15) is 5.10 Å². The molecule has 6 nitrogen and oxygen atoms in total. The minimum atomic E-state index is -0.182. The highest BCUT2D eigenvalue weighted by atomic mass is 16.2. The number of rotatable bonds is 2. The van der Waals surface area contributed by atoms with Gasteiger partial charge in [0.05, 0.1) is 22.2 Å². The molecule has 1 saturated carbocycles. The van der Waals surface area contributed by atoms with E-state index in [0.717, 1.165) is 53.9 Å². The molecule has 0 spiro atoms. The summed E-state index contributed by atoms with van der Waals surface area (Å²) in [4.78, 5) is 20.6. The maximum atomic E-state index is 13.6. The van der Waals surface area contributed by atoms with Crippen molar-refractivity contribution in [2.75, 3.05) is 13.1 Å². The molecule has 0 aromatic carbocycles. The van der Waals surface area contributed by atoms with Crippen LogP contribution in [0.3, 0.4) is 0 Å². The second-order valence-corrected chi connectivity index (χ2v) is 9.22. The van der Waals surface area contributed by atoms with Crippen molar-refractivity contribution >= 4 is 16.9 Å². The van der Waals surface area contributed by atoms with Crippen LogP contribution in [-0.2, 0) is 5.54 Å². The lowest BCUT2D eigenvalue weighted by Crippen LogP contribution is -2.57. The molecule has 2 unspecified atom stereocenters. The predicted octanol–water partition coefficient (Wildman–Crippen LogP) is 3.19. The molecule has 1 aliphatic carbocycles.